The minimum atomic E-state index is 0. The van der Waals surface area contributed by atoms with Crippen LogP contribution in [-0.4, -0.2) is 18.9 Å². The average Bonchev–Trinajstić information content (AvgIpc) is 2.31. The van der Waals surface area contributed by atoms with Gasteiger partial charge in [-0.15, -0.1) is 0 Å². The molecular formula is C15H22O3Ti. The largest absolute Gasteiger partial charge is 4.00 e. The molecule has 0 aliphatic rings. The van der Waals surface area contributed by atoms with Crippen molar-refractivity contribution in [3.05, 3.63) is 42.9 Å². The second-order valence-corrected chi connectivity index (χ2v) is 3.22. The first-order valence-corrected chi connectivity index (χ1v) is 5.08. The Balaban J connectivity index is -0.0000000458. The fourth-order valence-electron chi connectivity index (χ4n) is 0. The molecule has 0 aliphatic heterocycles. The van der Waals surface area contributed by atoms with Gasteiger partial charge < -0.3 is 20.8 Å². The van der Waals surface area contributed by atoms with Crippen LogP contribution < -0.4 is 0 Å². The van der Waals surface area contributed by atoms with Crippen LogP contribution in [0.1, 0.15) is 34.6 Å². The minimum absolute atomic E-state index is 0. The van der Waals surface area contributed by atoms with Crippen LogP contribution in [0, 0.1) is 6.42 Å². The second kappa shape index (κ2) is 30.2. The van der Waals surface area contributed by atoms with Gasteiger partial charge in [0.15, 0.2) is 0 Å². The topological polar surface area (TPSA) is 51.2 Å². The number of hydrogen-bond acceptors (Lipinski definition) is 3. The van der Waals surface area contributed by atoms with Gasteiger partial charge in [-0.25, -0.2) is 19.7 Å². The zero-order valence-electron chi connectivity index (χ0n) is 12.4. The van der Waals surface area contributed by atoms with E-state index < -0.39 is 0 Å². The van der Waals surface area contributed by atoms with Crippen molar-refractivity contribution in [2.45, 2.75) is 34.6 Å². The Hall–Kier alpha value is -1.06. The maximum atomic E-state index is 9.28. The first-order chi connectivity index (χ1) is 8.22. The van der Waals surface area contributed by atoms with E-state index in [4.69, 9.17) is 0 Å². The van der Waals surface area contributed by atoms with Crippen molar-refractivity contribution in [2.75, 3.05) is 0 Å². The Kier molecular flexibility index (Phi) is 48.9. The predicted octanol–water partition coefficient (Wildman–Crippen LogP) is 3.24. The Morgan fingerprint density at radius 1 is 0.737 bits per heavy atom. The molecule has 0 aromatic carbocycles. The molecular weight excluding hydrogens is 276 g/mol. The van der Waals surface area contributed by atoms with Crippen LogP contribution in [0.15, 0.2) is 36.5 Å². The van der Waals surface area contributed by atoms with Crippen LogP contribution in [0.4, 0.5) is 0 Å². The Morgan fingerprint density at radius 3 is 0.789 bits per heavy atom. The molecule has 0 saturated carbocycles. The Morgan fingerprint density at radius 2 is 0.789 bits per heavy atom. The molecule has 0 aromatic heterocycles. The quantitative estimate of drug-likeness (QED) is 0.456. The minimum Gasteiger partial charge on any atom is -0.419 e. The van der Waals surface area contributed by atoms with Gasteiger partial charge in [0.25, 0.3) is 0 Å². The monoisotopic (exact) mass is 298 g/mol. The predicted molar refractivity (Wildman–Crippen MR) is 77.2 cm³/mol. The van der Waals surface area contributed by atoms with Crippen molar-refractivity contribution >= 4 is 18.9 Å². The van der Waals surface area contributed by atoms with E-state index in [0.29, 0.717) is 16.7 Å². The van der Waals surface area contributed by atoms with Crippen LogP contribution in [0.25, 0.3) is 0 Å². The second-order valence-electron chi connectivity index (χ2n) is 3.22. The summed E-state index contributed by atoms with van der Waals surface area (Å²) >= 11 is 0. The van der Waals surface area contributed by atoms with Gasteiger partial charge in [-0.3, -0.25) is 0 Å². The zero-order chi connectivity index (χ0) is 15.6. The zero-order valence-corrected chi connectivity index (χ0v) is 14.0. The molecule has 3 nitrogen and oxygen atoms in total. The molecule has 0 amide bonds. The normalized spacial score (nSPS) is 6.16. The number of rotatable bonds is 3. The van der Waals surface area contributed by atoms with Gasteiger partial charge in [-0.1, -0.05) is 20.8 Å². The maximum Gasteiger partial charge on any atom is 4.00 e. The van der Waals surface area contributed by atoms with Gasteiger partial charge in [0.05, 0.1) is 0 Å². The molecule has 104 valence electrons. The van der Waals surface area contributed by atoms with Crippen molar-refractivity contribution in [1.82, 2.24) is 0 Å². The summed E-state index contributed by atoms with van der Waals surface area (Å²) in [4.78, 5) is 27.8. The standard InChI is InChI=1S/3C4H5O.C3H7.Ti/c3*1-4(2)3-5;1-3-2;/h3*1H2,2H3;3H,1-2H3;/q4*-1;+4. The fraction of sp³-hybridized carbons (Fsp3) is 0.333. The van der Waals surface area contributed by atoms with Gasteiger partial charge >= 0.3 is 21.7 Å². The molecule has 19 heavy (non-hydrogen) atoms. The summed E-state index contributed by atoms with van der Waals surface area (Å²) in [6.45, 7) is 18.6. The molecule has 0 spiro atoms. The summed E-state index contributed by atoms with van der Waals surface area (Å²) < 4.78 is 0. The third-order valence-electron chi connectivity index (χ3n) is 0.523. The summed E-state index contributed by atoms with van der Waals surface area (Å²) in [5, 5.41) is 0. The molecule has 0 unspecified atom stereocenters. The van der Waals surface area contributed by atoms with E-state index in [1.54, 1.807) is 39.6 Å². The molecule has 0 radical (unpaired) electrons. The summed E-state index contributed by atoms with van der Waals surface area (Å²) in [6.07, 6.45) is 6.75. The van der Waals surface area contributed by atoms with Gasteiger partial charge in [0, 0.05) is 0 Å². The maximum absolute atomic E-state index is 9.28. The first-order valence-electron chi connectivity index (χ1n) is 5.08. The molecule has 0 N–H and O–H groups in total. The first kappa shape index (κ1) is 30.7. The van der Waals surface area contributed by atoms with Crippen molar-refractivity contribution in [1.29, 1.82) is 0 Å². The summed E-state index contributed by atoms with van der Waals surface area (Å²) in [5.74, 6) is 0. The van der Waals surface area contributed by atoms with E-state index in [1.807, 2.05) is 20.3 Å². The molecule has 0 fully saturated rings. The molecule has 4 heteroatoms. The van der Waals surface area contributed by atoms with Crippen LogP contribution >= 0.6 is 0 Å². The third-order valence-corrected chi connectivity index (χ3v) is 0.523. The van der Waals surface area contributed by atoms with Crippen molar-refractivity contribution in [3.8, 4) is 0 Å². The van der Waals surface area contributed by atoms with E-state index in [9.17, 15) is 14.4 Å². The fourth-order valence-corrected chi connectivity index (χ4v) is 0. The molecule has 0 aliphatic carbocycles. The smallest absolute Gasteiger partial charge is 0.419 e. The number of hydrogen-bond donors (Lipinski definition) is 0. The molecule has 0 rings (SSSR count). The summed E-state index contributed by atoms with van der Waals surface area (Å²) in [6, 6.07) is 0. The van der Waals surface area contributed by atoms with E-state index in [0.717, 1.165) is 0 Å². The van der Waals surface area contributed by atoms with Gasteiger partial charge in [-0.05, 0) is 18.9 Å². The third kappa shape index (κ3) is 155. The van der Waals surface area contributed by atoms with E-state index >= 15 is 0 Å². The summed E-state index contributed by atoms with van der Waals surface area (Å²) in [5.41, 5.74) is 1.35. The molecule has 0 saturated heterocycles. The van der Waals surface area contributed by atoms with Crippen LogP contribution in [0.3, 0.4) is 0 Å². The van der Waals surface area contributed by atoms with E-state index in [1.165, 1.54) is 0 Å². The molecule has 0 bridgehead atoms. The van der Waals surface area contributed by atoms with Gasteiger partial charge in [-0.2, -0.15) is 30.6 Å². The van der Waals surface area contributed by atoms with Crippen molar-refractivity contribution in [2.24, 2.45) is 0 Å². The number of carbonyl (C=O) groups excluding carboxylic acids is 3. The van der Waals surface area contributed by atoms with Crippen molar-refractivity contribution in [3.63, 3.8) is 0 Å². The SMILES string of the molecule is C=C(C)[C-]=O.C=C(C)[C-]=O.C=C(C)[C-]=O.C[CH-]C.[Ti+4]. The van der Waals surface area contributed by atoms with E-state index in [2.05, 4.69) is 19.7 Å². The summed E-state index contributed by atoms with van der Waals surface area (Å²) in [7, 11) is 0. The van der Waals surface area contributed by atoms with Gasteiger partial charge in [0.1, 0.15) is 0 Å². The van der Waals surface area contributed by atoms with E-state index in [-0.39, 0.29) is 21.7 Å². The number of allylic oxidation sites excluding steroid dienone is 3. The van der Waals surface area contributed by atoms with Crippen molar-refractivity contribution < 1.29 is 36.1 Å². The van der Waals surface area contributed by atoms with Crippen LogP contribution in [-0.2, 0) is 36.1 Å². The Labute approximate surface area is 132 Å². The van der Waals surface area contributed by atoms with Gasteiger partial charge in [0.2, 0.25) is 0 Å². The molecule has 0 heterocycles. The molecule has 0 atom stereocenters. The average molecular weight is 298 g/mol. The molecule has 0 aromatic rings. The van der Waals surface area contributed by atoms with Crippen LogP contribution in [0.2, 0.25) is 0 Å². The Bertz CT molecular complexity index is 226. The van der Waals surface area contributed by atoms with Crippen LogP contribution in [0.5, 0.6) is 0 Å².